The first-order valence-corrected chi connectivity index (χ1v) is 10.2. The van der Waals surface area contributed by atoms with Crippen molar-refractivity contribution in [2.24, 2.45) is 5.92 Å². The molecule has 1 unspecified atom stereocenters. The Morgan fingerprint density at radius 2 is 1.61 bits per heavy atom. The molecule has 0 saturated carbocycles. The summed E-state index contributed by atoms with van der Waals surface area (Å²) in [5.41, 5.74) is 1.92. The molecule has 0 spiro atoms. The Morgan fingerprint density at radius 3 is 2.23 bits per heavy atom. The zero-order chi connectivity index (χ0) is 22.1. The van der Waals surface area contributed by atoms with Crippen LogP contribution < -0.4 is 4.74 Å². The highest BCUT2D eigenvalue weighted by Crippen LogP contribution is 2.31. The molecule has 8 heteroatoms. The normalized spacial score (nSPS) is 15.9. The van der Waals surface area contributed by atoms with Crippen LogP contribution in [0.15, 0.2) is 40.8 Å². The molecule has 162 valence electrons. The highest BCUT2D eigenvalue weighted by Gasteiger charge is 2.32. The number of carbonyl (C=O) groups excluding carboxylic acids is 2. The number of aliphatic carboxylic acids is 1. The lowest BCUT2D eigenvalue weighted by Gasteiger charge is -2.32. The molecule has 8 nitrogen and oxygen atoms in total. The Labute approximate surface area is 179 Å². The lowest BCUT2D eigenvalue weighted by atomic mass is 10.0. The standard InChI is InChI=1S/C23H24N2O6/c1-14(22(27)28)13-15-3-5-16(6-4-15)30-23(29)20-18-8-7-17(31-18)19(20)21(26)25-11-9-24(2)10-12-25/h3-8,14H,9-13H2,1-2H3,(H,27,28). The second kappa shape index (κ2) is 8.39. The number of rotatable bonds is 6. The quantitative estimate of drug-likeness (QED) is 0.480. The highest BCUT2D eigenvalue weighted by atomic mass is 16.5. The largest absolute Gasteiger partial charge is 0.481 e. The third kappa shape index (κ3) is 4.25. The van der Waals surface area contributed by atoms with E-state index >= 15 is 0 Å². The predicted octanol–water partition coefficient (Wildman–Crippen LogP) is 2.74. The van der Waals surface area contributed by atoms with Gasteiger partial charge in [-0.15, -0.1) is 0 Å². The van der Waals surface area contributed by atoms with Crippen molar-refractivity contribution in [3.8, 4) is 5.75 Å². The minimum absolute atomic E-state index is 0.144. The molecule has 2 aromatic heterocycles. The molecule has 1 aromatic carbocycles. The van der Waals surface area contributed by atoms with E-state index in [2.05, 4.69) is 4.90 Å². The summed E-state index contributed by atoms with van der Waals surface area (Å²) in [5, 5.41) is 9.04. The van der Waals surface area contributed by atoms with Gasteiger partial charge >= 0.3 is 11.9 Å². The van der Waals surface area contributed by atoms with Crippen molar-refractivity contribution in [1.29, 1.82) is 0 Å². The third-order valence-electron chi connectivity index (χ3n) is 5.65. The molecular formula is C23H24N2O6. The Bertz CT molecular complexity index is 1100. The number of carbonyl (C=O) groups is 3. The average Bonchev–Trinajstić information content (AvgIpc) is 3.37. The fraction of sp³-hybridized carbons (Fsp3) is 0.348. The maximum Gasteiger partial charge on any atom is 0.348 e. The summed E-state index contributed by atoms with van der Waals surface area (Å²) < 4.78 is 11.1. The van der Waals surface area contributed by atoms with Gasteiger partial charge in [0.1, 0.15) is 28.0 Å². The van der Waals surface area contributed by atoms with E-state index in [4.69, 9.17) is 14.3 Å². The molecule has 0 radical (unpaired) electrons. The zero-order valence-electron chi connectivity index (χ0n) is 17.5. The Balaban J connectivity index is 1.51. The second-order valence-corrected chi connectivity index (χ2v) is 7.99. The maximum atomic E-state index is 13.1. The van der Waals surface area contributed by atoms with Crippen LogP contribution in [0.25, 0.3) is 11.2 Å². The van der Waals surface area contributed by atoms with Crippen molar-refractivity contribution < 1.29 is 28.6 Å². The number of fused-ring (bicyclic) bond motifs is 2. The van der Waals surface area contributed by atoms with E-state index in [1.54, 1.807) is 48.2 Å². The number of furan rings is 2. The smallest absolute Gasteiger partial charge is 0.348 e. The van der Waals surface area contributed by atoms with E-state index in [0.29, 0.717) is 36.4 Å². The predicted molar refractivity (Wildman–Crippen MR) is 113 cm³/mol. The number of hydrogen-bond donors (Lipinski definition) is 1. The van der Waals surface area contributed by atoms with E-state index in [1.165, 1.54) is 0 Å². The van der Waals surface area contributed by atoms with Gasteiger partial charge in [0.15, 0.2) is 0 Å². The lowest BCUT2D eigenvalue weighted by molar-refractivity contribution is -0.141. The number of piperazine rings is 1. The molecule has 1 aliphatic heterocycles. The number of hydrogen-bond acceptors (Lipinski definition) is 6. The first-order chi connectivity index (χ1) is 14.8. The summed E-state index contributed by atoms with van der Waals surface area (Å²) in [6, 6.07) is 10.0. The number of nitrogens with zero attached hydrogens (tertiary/aromatic N) is 2. The molecule has 3 aromatic rings. The van der Waals surface area contributed by atoms with Crippen LogP contribution in [0.4, 0.5) is 0 Å². The minimum atomic E-state index is -0.862. The molecule has 3 heterocycles. The van der Waals surface area contributed by atoms with E-state index < -0.39 is 17.9 Å². The molecule has 1 N–H and O–H groups in total. The Kier molecular flexibility index (Phi) is 5.65. The van der Waals surface area contributed by atoms with E-state index in [-0.39, 0.29) is 17.0 Å². The number of likely N-dealkylation sites (N-methyl/N-ethyl adjacent to an activating group) is 1. The van der Waals surface area contributed by atoms with Gasteiger partial charge in [0.2, 0.25) is 0 Å². The van der Waals surface area contributed by atoms with Gasteiger partial charge < -0.3 is 24.1 Å². The number of carboxylic acids is 1. The van der Waals surface area contributed by atoms with Crippen molar-refractivity contribution in [2.75, 3.05) is 33.2 Å². The molecule has 1 amide bonds. The third-order valence-corrected chi connectivity index (χ3v) is 5.65. The molecule has 0 aliphatic carbocycles. The Morgan fingerprint density at radius 1 is 1.00 bits per heavy atom. The van der Waals surface area contributed by atoms with E-state index in [1.807, 2.05) is 7.05 Å². The fourth-order valence-electron chi connectivity index (χ4n) is 3.73. The van der Waals surface area contributed by atoms with Crippen molar-refractivity contribution >= 4 is 29.0 Å². The monoisotopic (exact) mass is 424 g/mol. The molecular weight excluding hydrogens is 400 g/mol. The van der Waals surface area contributed by atoms with Gasteiger partial charge in [0.05, 0.1) is 5.92 Å². The van der Waals surface area contributed by atoms with Crippen LogP contribution in [-0.4, -0.2) is 66.0 Å². The van der Waals surface area contributed by atoms with Crippen LogP contribution in [-0.2, 0) is 11.2 Å². The van der Waals surface area contributed by atoms with Crippen LogP contribution in [0, 0.1) is 5.92 Å². The number of esters is 1. The summed E-state index contributed by atoms with van der Waals surface area (Å²) in [4.78, 5) is 40.9. The summed E-state index contributed by atoms with van der Waals surface area (Å²) in [6.45, 7) is 4.36. The molecule has 1 aliphatic rings. The number of amides is 1. The molecule has 4 rings (SSSR count). The fourth-order valence-corrected chi connectivity index (χ4v) is 3.73. The Hall–Kier alpha value is -3.39. The average molecular weight is 424 g/mol. The van der Waals surface area contributed by atoms with Gasteiger partial charge in [0.25, 0.3) is 5.91 Å². The van der Waals surface area contributed by atoms with Gasteiger partial charge in [-0.2, -0.15) is 0 Å². The van der Waals surface area contributed by atoms with Crippen LogP contribution in [0.3, 0.4) is 0 Å². The summed E-state index contributed by atoms with van der Waals surface area (Å²) >= 11 is 0. The number of carboxylic acid groups (broad SMARTS) is 1. The molecule has 1 fully saturated rings. The van der Waals surface area contributed by atoms with Crippen LogP contribution in [0.5, 0.6) is 5.75 Å². The molecule has 2 bridgehead atoms. The van der Waals surface area contributed by atoms with Crippen LogP contribution >= 0.6 is 0 Å². The summed E-state index contributed by atoms with van der Waals surface area (Å²) in [7, 11) is 2.01. The zero-order valence-corrected chi connectivity index (χ0v) is 17.5. The first kappa shape index (κ1) is 20.9. The molecule has 1 saturated heterocycles. The van der Waals surface area contributed by atoms with Crippen molar-refractivity contribution in [3.05, 3.63) is 53.1 Å². The van der Waals surface area contributed by atoms with Gasteiger partial charge in [0, 0.05) is 26.2 Å². The maximum absolute atomic E-state index is 13.1. The van der Waals surface area contributed by atoms with E-state index in [0.717, 1.165) is 18.7 Å². The molecule has 1 atom stereocenters. The van der Waals surface area contributed by atoms with Crippen molar-refractivity contribution in [3.63, 3.8) is 0 Å². The van der Waals surface area contributed by atoms with Gasteiger partial charge in [-0.1, -0.05) is 19.1 Å². The SMILES string of the molecule is CC(Cc1ccc(OC(=O)c2c(C(=O)N3CCN(C)CC3)c3ccc2o3)cc1)C(=O)O. The minimum Gasteiger partial charge on any atom is -0.481 e. The number of ether oxygens (including phenoxy) is 1. The summed E-state index contributed by atoms with van der Waals surface area (Å²) in [6.07, 6.45) is 0.382. The topological polar surface area (TPSA) is 100 Å². The first-order valence-electron chi connectivity index (χ1n) is 10.2. The second-order valence-electron chi connectivity index (χ2n) is 7.99. The number of benzene rings is 2. The van der Waals surface area contributed by atoms with Crippen molar-refractivity contribution in [1.82, 2.24) is 9.80 Å². The lowest BCUT2D eigenvalue weighted by Crippen LogP contribution is -2.47. The van der Waals surface area contributed by atoms with E-state index in [9.17, 15) is 14.4 Å². The highest BCUT2D eigenvalue weighted by molar-refractivity contribution is 6.15. The van der Waals surface area contributed by atoms with Gasteiger partial charge in [-0.3, -0.25) is 9.59 Å². The molecule has 31 heavy (non-hydrogen) atoms. The van der Waals surface area contributed by atoms with Gasteiger partial charge in [-0.05, 0) is 43.3 Å². The summed E-state index contributed by atoms with van der Waals surface area (Å²) in [5.74, 6) is -1.94. The van der Waals surface area contributed by atoms with Crippen LogP contribution in [0.1, 0.15) is 33.2 Å². The van der Waals surface area contributed by atoms with Gasteiger partial charge in [-0.25, -0.2) is 4.79 Å². The van der Waals surface area contributed by atoms with Crippen molar-refractivity contribution in [2.45, 2.75) is 13.3 Å². The van der Waals surface area contributed by atoms with Crippen LogP contribution in [0.2, 0.25) is 0 Å².